The molecule has 69 heavy (non-hydrogen) atoms. The van der Waals surface area contributed by atoms with E-state index in [4.69, 9.17) is 14.2 Å². The monoisotopic (exact) mass is 981 g/mol. The number of likely N-dealkylation sites (tertiary alicyclic amines) is 1. The van der Waals surface area contributed by atoms with Gasteiger partial charge in [-0.2, -0.15) is 0 Å². The van der Waals surface area contributed by atoms with Gasteiger partial charge in [-0.15, -0.1) is 11.8 Å². The maximum absolute atomic E-state index is 13.3. The van der Waals surface area contributed by atoms with Crippen LogP contribution in [0.5, 0.6) is 0 Å². The summed E-state index contributed by atoms with van der Waals surface area (Å²) in [4.78, 5) is 102. The molecule has 0 spiro atoms. The van der Waals surface area contributed by atoms with Gasteiger partial charge in [-0.3, -0.25) is 33.7 Å². The zero-order valence-electron chi connectivity index (χ0n) is 41.8. The first-order valence-corrected chi connectivity index (χ1v) is 25.1. The maximum atomic E-state index is 13.3. The fourth-order valence-electron chi connectivity index (χ4n) is 8.10. The number of alkyl carbamates (subject to hydrolysis) is 1. The van der Waals surface area contributed by atoms with Crippen LogP contribution in [0.1, 0.15) is 112 Å². The number of carbonyl (C=O) groups is 8. The third-order valence-corrected chi connectivity index (χ3v) is 13.3. The highest BCUT2D eigenvalue weighted by molar-refractivity contribution is 8.00. The Labute approximate surface area is 412 Å². The minimum absolute atomic E-state index is 0.0131. The van der Waals surface area contributed by atoms with Crippen molar-refractivity contribution >= 4 is 59.3 Å². The van der Waals surface area contributed by atoms with Crippen LogP contribution in [0.3, 0.4) is 0 Å². The molecule has 1 saturated carbocycles. The van der Waals surface area contributed by atoms with Gasteiger partial charge in [0.1, 0.15) is 18.2 Å². The molecule has 5 N–H and O–H groups in total. The number of nitrogens with one attached hydrogen (secondary N) is 5. The van der Waals surface area contributed by atoms with Crippen LogP contribution < -0.4 is 26.6 Å². The van der Waals surface area contributed by atoms with Crippen LogP contribution in [0.4, 0.5) is 4.79 Å². The summed E-state index contributed by atoms with van der Waals surface area (Å²) in [5, 5.41) is 13.2. The number of cyclic esters (lactones) is 1. The number of methoxy groups -OCH3 is 1. The second kappa shape index (κ2) is 30.1. The molecular weight excluding hydrogens is 905 g/mol. The summed E-state index contributed by atoms with van der Waals surface area (Å²) in [5.74, 6) is -1.13. The van der Waals surface area contributed by atoms with E-state index in [2.05, 4.69) is 26.6 Å². The molecule has 5 atom stereocenters. The summed E-state index contributed by atoms with van der Waals surface area (Å²) in [7, 11) is 3.08. The minimum atomic E-state index is -0.864. The smallest absolute Gasteiger partial charge is 0.407 e. The fraction of sp³-hybridized carbons (Fsp3) is 0.608. The first-order chi connectivity index (χ1) is 32.9. The average Bonchev–Trinajstić information content (AvgIpc) is 3.43. The van der Waals surface area contributed by atoms with E-state index in [1.54, 1.807) is 31.4 Å². The zero-order valence-corrected chi connectivity index (χ0v) is 42.6. The molecule has 1 unspecified atom stereocenters. The van der Waals surface area contributed by atoms with Crippen molar-refractivity contribution in [1.29, 1.82) is 0 Å². The van der Waals surface area contributed by atoms with Gasteiger partial charge in [0.15, 0.2) is 5.76 Å². The highest BCUT2D eigenvalue weighted by atomic mass is 32.2. The van der Waals surface area contributed by atoms with E-state index in [0.717, 1.165) is 31.3 Å². The Hall–Kier alpha value is -5.65. The van der Waals surface area contributed by atoms with Crippen LogP contribution in [0.2, 0.25) is 0 Å². The molecule has 0 radical (unpaired) electrons. The topological polar surface area (TPSA) is 228 Å². The van der Waals surface area contributed by atoms with Crippen LogP contribution in [0.25, 0.3) is 0 Å². The normalized spacial score (nSPS) is 21.7. The molecule has 0 aromatic carbocycles. The number of allylic oxidation sites excluding steroid dienone is 6. The van der Waals surface area contributed by atoms with Crippen molar-refractivity contribution < 1.29 is 52.6 Å². The van der Waals surface area contributed by atoms with Crippen molar-refractivity contribution in [1.82, 2.24) is 31.5 Å². The van der Waals surface area contributed by atoms with E-state index in [9.17, 15) is 38.4 Å². The second-order valence-electron chi connectivity index (χ2n) is 18.7. The molecule has 0 bridgehead atoms. The van der Waals surface area contributed by atoms with Gasteiger partial charge in [0, 0.05) is 76.0 Å². The Morgan fingerprint density at radius 2 is 1.67 bits per heavy atom. The van der Waals surface area contributed by atoms with Gasteiger partial charge in [-0.1, -0.05) is 75.8 Å². The standard InChI is InChI=1S/C51H76N6O11S/c1-9-10-17-38(67-50(65)55-29-15-28-53-42(58)26-30-69-41-32-44(60)57(48(41)63)33-36-22-24-37(25-23-36)46(61)52-7)18-14-27-54-47(62)45(51(4,5)6)56-43(59)21-12-11-16-34(2)31-35(3)39-19-13-20-40(66-8)49(64)68-39/h9-12,14,16,20-21,27,31,35-39,41,45H,13,15,17-19,22-26,28-30,32-33H2,1-8H3,(H,52,61)(H,53,58)(H,54,62)(H,55,65)(H,56,59)/b10-9-,16-11-,21-12-,27-14-,34-31+/t35-,36?,37?,38-,39-,41?,45+/m0/s1. The van der Waals surface area contributed by atoms with Crippen LogP contribution in [-0.2, 0) is 47.8 Å². The summed E-state index contributed by atoms with van der Waals surface area (Å²) < 4.78 is 16.3. The molecule has 382 valence electrons. The highest BCUT2D eigenvalue weighted by Crippen LogP contribution is 2.33. The predicted molar refractivity (Wildman–Crippen MR) is 266 cm³/mol. The van der Waals surface area contributed by atoms with Crippen molar-refractivity contribution in [3.63, 3.8) is 0 Å². The molecule has 1 aliphatic carbocycles. The quantitative estimate of drug-likeness (QED) is 0.0182. The Morgan fingerprint density at radius 1 is 0.971 bits per heavy atom. The van der Waals surface area contributed by atoms with Crippen LogP contribution in [0.15, 0.2) is 72.2 Å². The largest absolute Gasteiger partial charge is 0.490 e. The number of carbonyl (C=O) groups excluding carboxylic acids is 8. The van der Waals surface area contributed by atoms with Crippen molar-refractivity contribution in [3.05, 3.63) is 72.2 Å². The number of thioether (sulfide) groups is 1. The lowest BCUT2D eigenvalue weighted by Crippen LogP contribution is -2.52. The highest BCUT2D eigenvalue weighted by Gasteiger charge is 2.40. The summed E-state index contributed by atoms with van der Waals surface area (Å²) >= 11 is 1.32. The van der Waals surface area contributed by atoms with Crippen molar-refractivity contribution in [2.75, 3.05) is 39.5 Å². The molecule has 2 fully saturated rings. The first-order valence-electron chi connectivity index (χ1n) is 24.1. The van der Waals surface area contributed by atoms with Gasteiger partial charge in [0.25, 0.3) is 0 Å². The summed E-state index contributed by atoms with van der Waals surface area (Å²) in [6, 6.07) is -0.864. The number of hydrogen-bond donors (Lipinski definition) is 5. The molecule has 0 aromatic heterocycles. The van der Waals surface area contributed by atoms with Crippen molar-refractivity contribution in [2.24, 2.45) is 23.2 Å². The average molecular weight is 981 g/mol. The molecule has 0 aromatic rings. The number of imide groups is 1. The van der Waals surface area contributed by atoms with Crippen LogP contribution >= 0.6 is 11.8 Å². The summed E-state index contributed by atoms with van der Waals surface area (Å²) in [6.45, 7) is 12.2. The van der Waals surface area contributed by atoms with Gasteiger partial charge in [-0.05, 0) is 82.4 Å². The van der Waals surface area contributed by atoms with Gasteiger partial charge < -0.3 is 40.8 Å². The van der Waals surface area contributed by atoms with Crippen molar-refractivity contribution in [3.8, 4) is 0 Å². The number of nitrogens with zero attached hydrogens (tertiary/aromatic N) is 1. The molecular formula is C51H76N6O11S. The number of ether oxygens (including phenoxy) is 3. The van der Waals surface area contributed by atoms with Crippen LogP contribution in [-0.4, -0.2) is 115 Å². The summed E-state index contributed by atoms with van der Waals surface area (Å²) in [5.41, 5.74) is 0.304. The lowest BCUT2D eigenvalue weighted by molar-refractivity contribution is -0.149. The van der Waals surface area contributed by atoms with Gasteiger partial charge in [-0.25, -0.2) is 9.59 Å². The molecule has 7 amide bonds. The molecule has 17 nitrogen and oxygen atoms in total. The molecule has 18 heteroatoms. The minimum Gasteiger partial charge on any atom is -0.490 e. The van der Waals surface area contributed by atoms with E-state index in [0.29, 0.717) is 50.9 Å². The van der Waals surface area contributed by atoms with Gasteiger partial charge >= 0.3 is 12.1 Å². The zero-order chi connectivity index (χ0) is 50.9. The maximum Gasteiger partial charge on any atom is 0.407 e. The molecule has 3 rings (SSSR count). The van der Waals surface area contributed by atoms with Crippen LogP contribution in [0, 0.1) is 23.2 Å². The Morgan fingerprint density at radius 3 is 2.35 bits per heavy atom. The Balaban J connectivity index is 1.34. The Kier molecular flexibility index (Phi) is 25.1. The Bertz CT molecular complexity index is 1960. The van der Waals surface area contributed by atoms with Crippen molar-refractivity contribution in [2.45, 2.75) is 136 Å². The van der Waals surface area contributed by atoms with E-state index in [1.165, 1.54) is 36.0 Å². The lowest BCUT2D eigenvalue weighted by atomic mass is 9.81. The van der Waals surface area contributed by atoms with E-state index >= 15 is 0 Å². The first kappa shape index (κ1) is 57.7. The number of amides is 7. The van der Waals surface area contributed by atoms with E-state index in [-0.39, 0.29) is 72.6 Å². The number of hydrogen-bond acceptors (Lipinski definition) is 12. The number of rotatable bonds is 25. The SMILES string of the molecule is C/C=C\C[C@@H](C/C=C\NC(=O)[C@@H](NC(=O)\C=C/C=C\C(C)=C\[C@H](C)[C@@H]1CCC=C(OC)C(=O)O1)C(C)(C)C)OC(=O)NCCCNC(=O)CCSC1CC(=O)N(CC2CCC(C(=O)NC)CC2)C1=O. The summed E-state index contributed by atoms with van der Waals surface area (Å²) in [6.07, 6.45) is 21.6. The number of esters is 1. The van der Waals surface area contributed by atoms with Gasteiger partial charge in [0.05, 0.1) is 12.4 Å². The van der Waals surface area contributed by atoms with E-state index < -0.39 is 46.7 Å². The van der Waals surface area contributed by atoms with E-state index in [1.807, 2.05) is 65.8 Å². The lowest BCUT2D eigenvalue weighted by Gasteiger charge is -2.29. The third kappa shape index (κ3) is 20.9. The predicted octanol–water partition coefficient (Wildman–Crippen LogP) is 5.84. The molecule has 2 heterocycles. The molecule has 2 aliphatic heterocycles. The molecule has 3 aliphatic rings. The third-order valence-electron chi connectivity index (χ3n) is 12.1. The molecule has 1 saturated heterocycles. The van der Waals surface area contributed by atoms with Gasteiger partial charge in [0.2, 0.25) is 35.4 Å². The fourth-order valence-corrected chi connectivity index (χ4v) is 9.22. The second-order valence-corrected chi connectivity index (χ2v) is 20.0.